The molecule has 1 fully saturated rings. The summed E-state index contributed by atoms with van der Waals surface area (Å²) < 4.78 is 5.06. The molecule has 0 radical (unpaired) electrons. The molecule has 0 aromatic rings. The molecular formula is C8H14O2. The van der Waals surface area contributed by atoms with Crippen molar-refractivity contribution in [2.24, 2.45) is 5.41 Å². The molecule has 0 saturated carbocycles. The van der Waals surface area contributed by atoms with E-state index in [4.69, 9.17) is 4.74 Å². The minimum atomic E-state index is 0.285. The predicted molar refractivity (Wildman–Crippen MR) is 38.8 cm³/mol. The number of hydrogen-bond acceptors (Lipinski definition) is 2. The lowest BCUT2D eigenvalue weighted by molar-refractivity contribution is -0.124. The van der Waals surface area contributed by atoms with E-state index in [0.717, 1.165) is 19.6 Å². The third-order valence-electron chi connectivity index (χ3n) is 1.98. The number of Topliss-reactive ketones (excluding diaryl/α,β-unsaturated/α-hetero) is 1. The zero-order chi connectivity index (χ0) is 7.61. The number of ketones is 1. The molecule has 1 heterocycles. The Morgan fingerprint density at radius 1 is 1.60 bits per heavy atom. The van der Waals surface area contributed by atoms with Gasteiger partial charge in [0.1, 0.15) is 5.78 Å². The molecule has 0 aromatic heterocycles. The van der Waals surface area contributed by atoms with Crippen molar-refractivity contribution in [2.75, 3.05) is 13.2 Å². The Morgan fingerprint density at radius 3 is 2.50 bits per heavy atom. The maximum Gasteiger partial charge on any atom is 0.129 e. The summed E-state index contributed by atoms with van der Waals surface area (Å²) >= 11 is 0. The summed E-state index contributed by atoms with van der Waals surface area (Å²) in [4.78, 5) is 10.6. The van der Waals surface area contributed by atoms with Crippen LogP contribution in [0.3, 0.4) is 0 Å². The second kappa shape index (κ2) is 2.70. The van der Waals surface area contributed by atoms with Crippen LogP contribution in [0, 0.1) is 5.41 Å². The second-order valence-electron chi connectivity index (χ2n) is 3.51. The van der Waals surface area contributed by atoms with Gasteiger partial charge in [-0.2, -0.15) is 0 Å². The monoisotopic (exact) mass is 142 g/mol. The highest BCUT2D eigenvalue weighted by molar-refractivity contribution is 5.75. The lowest BCUT2D eigenvalue weighted by Crippen LogP contribution is -2.39. The van der Waals surface area contributed by atoms with E-state index >= 15 is 0 Å². The Labute approximate surface area is 61.6 Å². The molecular weight excluding hydrogens is 128 g/mol. The van der Waals surface area contributed by atoms with Crippen LogP contribution in [0.1, 0.15) is 26.7 Å². The summed E-state index contributed by atoms with van der Waals surface area (Å²) in [7, 11) is 0. The first-order chi connectivity index (χ1) is 4.62. The van der Waals surface area contributed by atoms with Gasteiger partial charge in [-0.25, -0.2) is 0 Å². The third kappa shape index (κ3) is 1.81. The zero-order valence-corrected chi connectivity index (χ0v) is 6.64. The number of hydrogen-bond donors (Lipinski definition) is 0. The average molecular weight is 142 g/mol. The Hall–Kier alpha value is -0.370. The average Bonchev–Trinajstić information content (AvgIpc) is 1.79. The minimum absolute atomic E-state index is 0.285. The molecule has 1 aliphatic heterocycles. The molecule has 2 heteroatoms. The van der Waals surface area contributed by atoms with Crippen LogP contribution in [-0.2, 0) is 9.53 Å². The van der Waals surface area contributed by atoms with Crippen molar-refractivity contribution in [2.45, 2.75) is 26.7 Å². The minimum Gasteiger partial charge on any atom is -0.380 e. The van der Waals surface area contributed by atoms with Crippen molar-refractivity contribution in [3.05, 3.63) is 0 Å². The van der Waals surface area contributed by atoms with E-state index in [2.05, 4.69) is 6.92 Å². The molecule has 1 saturated heterocycles. The van der Waals surface area contributed by atoms with Gasteiger partial charge in [0.25, 0.3) is 0 Å². The summed E-state index contributed by atoms with van der Waals surface area (Å²) in [6.07, 6.45) is 1.70. The summed E-state index contributed by atoms with van der Waals surface area (Å²) in [6.45, 7) is 5.48. The van der Waals surface area contributed by atoms with Crippen LogP contribution in [0.5, 0.6) is 0 Å². The Bertz CT molecular complexity index is 136. The molecule has 58 valence electrons. The van der Waals surface area contributed by atoms with Crippen LogP contribution >= 0.6 is 0 Å². The number of rotatable bonds is 3. The van der Waals surface area contributed by atoms with E-state index < -0.39 is 0 Å². The van der Waals surface area contributed by atoms with Crippen molar-refractivity contribution in [3.8, 4) is 0 Å². The lowest BCUT2D eigenvalue weighted by Gasteiger charge is -2.37. The highest BCUT2D eigenvalue weighted by Gasteiger charge is 2.32. The van der Waals surface area contributed by atoms with Gasteiger partial charge >= 0.3 is 0 Å². The highest BCUT2D eigenvalue weighted by atomic mass is 16.5. The van der Waals surface area contributed by atoms with Crippen molar-refractivity contribution >= 4 is 5.78 Å². The quantitative estimate of drug-likeness (QED) is 0.595. The fourth-order valence-electron chi connectivity index (χ4n) is 1.07. The van der Waals surface area contributed by atoms with Gasteiger partial charge in [-0.1, -0.05) is 6.92 Å². The van der Waals surface area contributed by atoms with Gasteiger partial charge in [0.05, 0.1) is 13.2 Å². The smallest absolute Gasteiger partial charge is 0.129 e. The van der Waals surface area contributed by atoms with E-state index in [1.54, 1.807) is 6.92 Å². The van der Waals surface area contributed by atoms with Crippen LogP contribution in [-0.4, -0.2) is 19.0 Å². The van der Waals surface area contributed by atoms with Crippen LogP contribution in [0.4, 0.5) is 0 Å². The van der Waals surface area contributed by atoms with Gasteiger partial charge in [0.2, 0.25) is 0 Å². The standard InChI is InChI=1S/C8H14O2/c1-7(9)3-4-8(2)5-10-6-8/h3-6H2,1-2H3. The van der Waals surface area contributed by atoms with Gasteiger partial charge in [-0.15, -0.1) is 0 Å². The molecule has 0 aromatic carbocycles. The molecule has 0 N–H and O–H groups in total. The van der Waals surface area contributed by atoms with E-state index in [1.165, 1.54) is 0 Å². The third-order valence-corrected chi connectivity index (χ3v) is 1.98. The Morgan fingerprint density at radius 2 is 2.20 bits per heavy atom. The van der Waals surface area contributed by atoms with Gasteiger partial charge in [0, 0.05) is 11.8 Å². The normalized spacial score (nSPS) is 21.8. The van der Waals surface area contributed by atoms with E-state index in [0.29, 0.717) is 11.8 Å². The Balaban J connectivity index is 2.18. The molecule has 10 heavy (non-hydrogen) atoms. The topological polar surface area (TPSA) is 26.3 Å². The Kier molecular flexibility index (Phi) is 2.09. The number of carbonyl (C=O) groups is 1. The summed E-state index contributed by atoms with van der Waals surface area (Å²) in [5.41, 5.74) is 0.311. The summed E-state index contributed by atoms with van der Waals surface area (Å²) in [6, 6.07) is 0. The SMILES string of the molecule is CC(=O)CCC1(C)COC1. The lowest BCUT2D eigenvalue weighted by atomic mass is 9.83. The van der Waals surface area contributed by atoms with Crippen molar-refractivity contribution in [1.29, 1.82) is 0 Å². The van der Waals surface area contributed by atoms with Gasteiger partial charge < -0.3 is 9.53 Å². The first-order valence-electron chi connectivity index (χ1n) is 3.70. The van der Waals surface area contributed by atoms with Crippen LogP contribution in [0.25, 0.3) is 0 Å². The number of ether oxygens (including phenoxy) is 1. The molecule has 0 bridgehead atoms. The molecule has 2 nitrogen and oxygen atoms in total. The van der Waals surface area contributed by atoms with E-state index in [-0.39, 0.29) is 5.78 Å². The van der Waals surface area contributed by atoms with E-state index in [1.807, 2.05) is 0 Å². The first kappa shape index (κ1) is 7.73. The molecule has 0 atom stereocenters. The van der Waals surface area contributed by atoms with Crippen molar-refractivity contribution in [3.63, 3.8) is 0 Å². The fourth-order valence-corrected chi connectivity index (χ4v) is 1.07. The zero-order valence-electron chi connectivity index (χ0n) is 6.64. The van der Waals surface area contributed by atoms with Gasteiger partial charge in [-0.3, -0.25) is 0 Å². The van der Waals surface area contributed by atoms with Crippen LogP contribution < -0.4 is 0 Å². The summed E-state index contributed by atoms with van der Waals surface area (Å²) in [5.74, 6) is 0.285. The fraction of sp³-hybridized carbons (Fsp3) is 0.875. The largest absolute Gasteiger partial charge is 0.380 e. The number of carbonyl (C=O) groups excluding carboxylic acids is 1. The first-order valence-corrected chi connectivity index (χ1v) is 3.70. The predicted octanol–water partition coefficient (Wildman–Crippen LogP) is 1.39. The maximum atomic E-state index is 10.6. The van der Waals surface area contributed by atoms with Crippen LogP contribution in [0.15, 0.2) is 0 Å². The molecule has 0 spiro atoms. The van der Waals surface area contributed by atoms with Crippen LogP contribution in [0.2, 0.25) is 0 Å². The van der Waals surface area contributed by atoms with Gasteiger partial charge in [0.15, 0.2) is 0 Å². The molecule has 1 rings (SSSR count). The second-order valence-corrected chi connectivity index (χ2v) is 3.51. The molecule has 0 unspecified atom stereocenters. The van der Waals surface area contributed by atoms with Gasteiger partial charge in [-0.05, 0) is 13.3 Å². The molecule has 1 aliphatic rings. The summed E-state index contributed by atoms with van der Waals surface area (Å²) in [5, 5.41) is 0. The van der Waals surface area contributed by atoms with Crippen molar-refractivity contribution < 1.29 is 9.53 Å². The molecule has 0 aliphatic carbocycles. The maximum absolute atomic E-state index is 10.6. The van der Waals surface area contributed by atoms with E-state index in [9.17, 15) is 4.79 Å². The highest BCUT2D eigenvalue weighted by Crippen LogP contribution is 2.31. The molecule has 0 amide bonds. The van der Waals surface area contributed by atoms with Crippen molar-refractivity contribution in [1.82, 2.24) is 0 Å².